The second kappa shape index (κ2) is 7.48. The summed E-state index contributed by atoms with van der Waals surface area (Å²) in [5, 5.41) is 8.40. The maximum Gasteiger partial charge on any atom is 0.276 e. The van der Waals surface area contributed by atoms with Crippen molar-refractivity contribution < 1.29 is 4.79 Å². The highest BCUT2D eigenvalue weighted by Gasteiger charge is 2.30. The molecule has 0 atom stereocenters. The summed E-state index contributed by atoms with van der Waals surface area (Å²) in [6.07, 6.45) is 4.75. The van der Waals surface area contributed by atoms with Gasteiger partial charge in [0.25, 0.3) is 5.91 Å². The van der Waals surface area contributed by atoms with E-state index in [1.54, 1.807) is 4.68 Å². The first kappa shape index (κ1) is 17.7. The minimum atomic E-state index is 0.00335. The summed E-state index contributed by atoms with van der Waals surface area (Å²) in [5.74, 6) is 0.00335. The van der Waals surface area contributed by atoms with Crippen LogP contribution in [0.5, 0.6) is 0 Å². The van der Waals surface area contributed by atoms with E-state index in [9.17, 15) is 4.79 Å². The molecule has 2 fully saturated rings. The standard InChI is InChI=1S/C19H24BrN5O/c1-14-18(21-22-25(14)17-6-4-5-15(20)13-17)19(26)24-11-7-16(8-12-24)23-9-2-3-10-23/h4-6,13,16H,2-3,7-12H2,1H3. The molecule has 138 valence electrons. The lowest BCUT2D eigenvalue weighted by Gasteiger charge is -2.36. The Morgan fingerprint density at radius 1 is 1.15 bits per heavy atom. The molecule has 0 bridgehead atoms. The van der Waals surface area contributed by atoms with Gasteiger partial charge in [0.15, 0.2) is 5.69 Å². The molecule has 3 heterocycles. The molecule has 2 aliphatic rings. The molecule has 2 aromatic rings. The van der Waals surface area contributed by atoms with Crippen LogP contribution in [0, 0.1) is 6.92 Å². The Morgan fingerprint density at radius 3 is 2.58 bits per heavy atom. The minimum absolute atomic E-state index is 0.00335. The van der Waals surface area contributed by atoms with Crippen LogP contribution in [0.4, 0.5) is 0 Å². The van der Waals surface area contributed by atoms with E-state index in [1.807, 2.05) is 36.1 Å². The van der Waals surface area contributed by atoms with Crippen molar-refractivity contribution in [3.05, 3.63) is 40.1 Å². The van der Waals surface area contributed by atoms with Crippen molar-refractivity contribution in [2.45, 2.75) is 38.6 Å². The highest BCUT2D eigenvalue weighted by atomic mass is 79.9. The number of hydrogen-bond acceptors (Lipinski definition) is 4. The number of likely N-dealkylation sites (tertiary alicyclic amines) is 2. The topological polar surface area (TPSA) is 54.3 Å². The van der Waals surface area contributed by atoms with E-state index in [2.05, 4.69) is 31.1 Å². The maximum atomic E-state index is 12.9. The first-order valence-electron chi connectivity index (χ1n) is 9.35. The van der Waals surface area contributed by atoms with Gasteiger partial charge in [0.1, 0.15) is 0 Å². The fourth-order valence-electron chi connectivity index (χ4n) is 4.07. The second-order valence-corrected chi connectivity index (χ2v) is 8.10. The van der Waals surface area contributed by atoms with Gasteiger partial charge < -0.3 is 9.80 Å². The molecule has 4 rings (SSSR count). The van der Waals surface area contributed by atoms with E-state index in [0.717, 1.165) is 41.8 Å². The number of aromatic nitrogens is 3. The van der Waals surface area contributed by atoms with Gasteiger partial charge in [0.2, 0.25) is 0 Å². The zero-order valence-corrected chi connectivity index (χ0v) is 16.7. The fourth-order valence-corrected chi connectivity index (χ4v) is 4.46. The molecule has 6 nitrogen and oxygen atoms in total. The Morgan fingerprint density at radius 2 is 1.88 bits per heavy atom. The van der Waals surface area contributed by atoms with Crippen molar-refractivity contribution in [1.82, 2.24) is 24.8 Å². The molecule has 7 heteroatoms. The third-order valence-electron chi connectivity index (χ3n) is 5.56. The third-order valence-corrected chi connectivity index (χ3v) is 6.05. The van der Waals surface area contributed by atoms with Crippen LogP contribution < -0.4 is 0 Å². The number of carbonyl (C=O) groups excluding carboxylic acids is 1. The van der Waals surface area contributed by atoms with Crippen LogP contribution in [0.1, 0.15) is 41.9 Å². The van der Waals surface area contributed by atoms with Crippen LogP contribution >= 0.6 is 15.9 Å². The summed E-state index contributed by atoms with van der Waals surface area (Å²) in [6.45, 7) is 5.97. The molecule has 0 unspecified atom stereocenters. The first-order chi connectivity index (χ1) is 12.6. The fraction of sp³-hybridized carbons (Fsp3) is 0.526. The monoisotopic (exact) mass is 417 g/mol. The number of rotatable bonds is 3. The van der Waals surface area contributed by atoms with Gasteiger partial charge in [-0.3, -0.25) is 4.79 Å². The number of halogens is 1. The van der Waals surface area contributed by atoms with Crippen LogP contribution in [0.2, 0.25) is 0 Å². The van der Waals surface area contributed by atoms with Crippen LogP contribution in [0.3, 0.4) is 0 Å². The number of hydrogen-bond donors (Lipinski definition) is 0. The van der Waals surface area contributed by atoms with Crippen molar-refractivity contribution in [1.29, 1.82) is 0 Å². The molecule has 1 aromatic carbocycles. The average Bonchev–Trinajstić information content (AvgIpc) is 3.31. The summed E-state index contributed by atoms with van der Waals surface area (Å²) in [4.78, 5) is 17.5. The second-order valence-electron chi connectivity index (χ2n) is 7.18. The summed E-state index contributed by atoms with van der Waals surface area (Å²) >= 11 is 3.48. The lowest BCUT2D eigenvalue weighted by Crippen LogP contribution is -2.46. The van der Waals surface area contributed by atoms with E-state index in [4.69, 9.17) is 0 Å². The summed E-state index contributed by atoms with van der Waals surface area (Å²) in [7, 11) is 0. The maximum absolute atomic E-state index is 12.9. The smallest absolute Gasteiger partial charge is 0.276 e. The van der Waals surface area contributed by atoms with Gasteiger partial charge in [-0.1, -0.05) is 27.2 Å². The van der Waals surface area contributed by atoms with E-state index < -0.39 is 0 Å². The molecule has 2 aliphatic heterocycles. The number of piperidine rings is 1. The molecule has 0 N–H and O–H groups in total. The van der Waals surface area contributed by atoms with Crippen molar-refractivity contribution in [2.24, 2.45) is 0 Å². The average molecular weight is 418 g/mol. The lowest BCUT2D eigenvalue weighted by molar-refractivity contribution is 0.0638. The van der Waals surface area contributed by atoms with Crippen molar-refractivity contribution in [2.75, 3.05) is 26.2 Å². The molecule has 0 radical (unpaired) electrons. The van der Waals surface area contributed by atoms with Gasteiger partial charge >= 0.3 is 0 Å². The predicted molar refractivity (Wildman–Crippen MR) is 104 cm³/mol. The molecule has 0 spiro atoms. The molecule has 1 aromatic heterocycles. The molecule has 26 heavy (non-hydrogen) atoms. The van der Waals surface area contributed by atoms with Crippen molar-refractivity contribution >= 4 is 21.8 Å². The molecule has 2 saturated heterocycles. The van der Waals surface area contributed by atoms with Gasteiger partial charge in [-0.15, -0.1) is 5.10 Å². The Bertz CT molecular complexity index is 791. The lowest BCUT2D eigenvalue weighted by atomic mass is 10.0. The highest BCUT2D eigenvalue weighted by Crippen LogP contribution is 2.23. The quantitative estimate of drug-likeness (QED) is 0.769. The zero-order valence-electron chi connectivity index (χ0n) is 15.1. The van der Waals surface area contributed by atoms with Crippen LogP contribution in [-0.4, -0.2) is 62.9 Å². The Hall–Kier alpha value is -1.73. The molecule has 0 saturated carbocycles. The summed E-state index contributed by atoms with van der Waals surface area (Å²) in [5.41, 5.74) is 2.15. The summed E-state index contributed by atoms with van der Waals surface area (Å²) < 4.78 is 2.70. The van der Waals surface area contributed by atoms with Crippen LogP contribution in [0.15, 0.2) is 28.7 Å². The largest absolute Gasteiger partial charge is 0.337 e. The van der Waals surface area contributed by atoms with E-state index in [-0.39, 0.29) is 5.91 Å². The predicted octanol–water partition coefficient (Wildman–Crippen LogP) is 3.04. The Labute approximate surface area is 162 Å². The molecule has 1 amide bonds. The number of carbonyl (C=O) groups is 1. The highest BCUT2D eigenvalue weighted by molar-refractivity contribution is 9.10. The SMILES string of the molecule is Cc1c(C(=O)N2CCC(N3CCCC3)CC2)nnn1-c1cccc(Br)c1. The van der Waals surface area contributed by atoms with Crippen molar-refractivity contribution in [3.63, 3.8) is 0 Å². The van der Waals surface area contributed by atoms with Gasteiger partial charge in [-0.2, -0.15) is 0 Å². The van der Waals surface area contributed by atoms with Gasteiger partial charge in [-0.05, 0) is 63.9 Å². The zero-order chi connectivity index (χ0) is 18.1. The van der Waals surface area contributed by atoms with E-state index >= 15 is 0 Å². The first-order valence-corrected chi connectivity index (χ1v) is 10.1. The number of benzene rings is 1. The number of amides is 1. The van der Waals surface area contributed by atoms with Crippen molar-refractivity contribution in [3.8, 4) is 5.69 Å². The van der Waals surface area contributed by atoms with Gasteiger partial charge in [0.05, 0.1) is 11.4 Å². The molecular formula is C19H24BrN5O. The molecule has 0 aliphatic carbocycles. The third kappa shape index (κ3) is 3.42. The minimum Gasteiger partial charge on any atom is -0.337 e. The van der Waals surface area contributed by atoms with Gasteiger partial charge in [0, 0.05) is 23.6 Å². The molecular weight excluding hydrogens is 394 g/mol. The Kier molecular flexibility index (Phi) is 5.09. The van der Waals surface area contributed by atoms with E-state index in [1.165, 1.54) is 25.9 Å². The number of nitrogens with zero attached hydrogens (tertiary/aromatic N) is 5. The van der Waals surface area contributed by atoms with E-state index in [0.29, 0.717) is 11.7 Å². The normalized spacial score (nSPS) is 19.2. The van der Waals surface area contributed by atoms with Crippen LogP contribution in [-0.2, 0) is 0 Å². The Balaban J connectivity index is 1.46. The summed E-state index contributed by atoms with van der Waals surface area (Å²) in [6, 6.07) is 8.48. The van der Waals surface area contributed by atoms with Crippen LogP contribution in [0.25, 0.3) is 5.69 Å². The van der Waals surface area contributed by atoms with Gasteiger partial charge in [-0.25, -0.2) is 4.68 Å².